The largest absolute Gasteiger partial charge is 0.497 e. The number of methoxy groups -OCH3 is 1. The molecule has 0 saturated heterocycles. The quantitative estimate of drug-likeness (QED) is 0.896. The van der Waals surface area contributed by atoms with Gasteiger partial charge in [-0.15, -0.1) is 0 Å². The van der Waals surface area contributed by atoms with Crippen molar-refractivity contribution in [2.24, 2.45) is 0 Å². The van der Waals surface area contributed by atoms with E-state index >= 15 is 0 Å². The van der Waals surface area contributed by atoms with E-state index < -0.39 is 6.04 Å². The van der Waals surface area contributed by atoms with E-state index in [1.807, 2.05) is 24.3 Å². The molecule has 0 fully saturated rings. The van der Waals surface area contributed by atoms with Crippen molar-refractivity contribution in [3.05, 3.63) is 60.1 Å². The van der Waals surface area contributed by atoms with Gasteiger partial charge in [0.2, 0.25) is 5.91 Å². The molecule has 0 aliphatic carbocycles. The first-order chi connectivity index (χ1) is 12.6. The number of rotatable bonds is 5. The SMILES string of the molecule is COc1ccc(C2=CCN(C(=O)[C@@H](C)NC(=O)c3ccco3)CC2)cc1. The van der Waals surface area contributed by atoms with Crippen molar-refractivity contribution in [1.82, 2.24) is 10.2 Å². The number of benzene rings is 1. The minimum absolute atomic E-state index is 0.102. The van der Waals surface area contributed by atoms with Gasteiger partial charge in [0.25, 0.3) is 5.91 Å². The number of hydrogen-bond donors (Lipinski definition) is 1. The number of nitrogens with one attached hydrogen (secondary N) is 1. The van der Waals surface area contributed by atoms with E-state index in [-0.39, 0.29) is 17.6 Å². The molecule has 6 nitrogen and oxygen atoms in total. The van der Waals surface area contributed by atoms with Crippen molar-refractivity contribution in [1.29, 1.82) is 0 Å². The highest BCUT2D eigenvalue weighted by Gasteiger charge is 2.24. The van der Waals surface area contributed by atoms with E-state index in [9.17, 15) is 9.59 Å². The van der Waals surface area contributed by atoms with Gasteiger partial charge in [0, 0.05) is 13.1 Å². The summed E-state index contributed by atoms with van der Waals surface area (Å²) in [4.78, 5) is 26.3. The first kappa shape index (κ1) is 17.8. The Morgan fingerprint density at radius 2 is 2.00 bits per heavy atom. The molecule has 136 valence electrons. The molecule has 1 aromatic heterocycles. The molecule has 3 rings (SSSR count). The Labute approximate surface area is 152 Å². The van der Waals surface area contributed by atoms with Crippen molar-refractivity contribution >= 4 is 17.4 Å². The summed E-state index contributed by atoms with van der Waals surface area (Å²) in [6, 6.07) is 10.5. The summed E-state index contributed by atoms with van der Waals surface area (Å²) >= 11 is 0. The number of nitrogens with zero attached hydrogens (tertiary/aromatic N) is 1. The predicted octanol–water partition coefficient (Wildman–Crippen LogP) is 2.72. The molecule has 2 heterocycles. The lowest BCUT2D eigenvalue weighted by Gasteiger charge is -2.29. The van der Waals surface area contributed by atoms with Crippen LogP contribution in [0.4, 0.5) is 0 Å². The maximum absolute atomic E-state index is 12.6. The summed E-state index contributed by atoms with van der Waals surface area (Å²) in [5.41, 5.74) is 2.35. The van der Waals surface area contributed by atoms with Crippen LogP contribution in [0.25, 0.3) is 5.57 Å². The first-order valence-corrected chi connectivity index (χ1v) is 8.55. The highest BCUT2D eigenvalue weighted by Crippen LogP contribution is 2.24. The summed E-state index contributed by atoms with van der Waals surface area (Å²) in [5.74, 6) is 0.533. The molecule has 0 unspecified atom stereocenters. The van der Waals surface area contributed by atoms with Gasteiger partial charge in [-0.05, 0) is 48.7 Å². The Kier molecular flexibility index (Phi) is 5.41. The maximum atomic E-state index is 12.6. The molecule has 1 aromatic carbocycles. The number of amides is 2. The van der Waals surface area contributed by atoms with Crippen LogP contribution in [0.15, 0.2) is 53.2 Å². The van der Waals surface area contributed by atoms with Gasteiger partial charge in [0.15, 0.2) is 5.76 Å². The lowest BCUT2D eigenvalue weighted by Crippen LogP contribution is -2.48. The number of carbonyl (C=O) groups is 2. The number of carbonyl (C=O) groups excluding carboxylic acids is 2. The molecule has 2 aromatic rings. The van der Waals surface area contributed by atoms with Crippen LogP contribution in [0, 0.1) is 0 Å². The molecule has 0 saturated carbocycles. The summed E-state index contributed by atoms with van der Waals surface area (Å²) in [6.45, 7) is 2.84. The molecule has 1 aliphatic rings. The minimum atomic E-state index is -0.608. The maximum Gasteiger partial charge on any atom is 0.287 e. The zero-order valence-corrected chi connectivity index (χ0v) is 14.9. The van der Waals surface area contributed by atoms with E-state index in [1.54, 1.807) is 31.1 Å². The van der Waals surface area contributed by atoms with Gasteiger partial charge in [-0.1, -0.05) is 18.2 Å². The Bertz CT molecular complexity index is 794. The van der Waals surface area contributed by atoms with Gasteiger partial charge in [-0.3, -0.25) is 9.59 Å². The normalized spacial score (nSPS) is 15.2. The van der Waals surface area contributed by atoms with Gasteiger partial charge in [-0.25, -0.2) is 0 Å². The van der Waals surface area contributed by atoms with Gasteiger partial charge >= 0.3 is 0 Å². The number of hydrogen-bond acceptors (Lipinski definition) is 4. The van der Waals surface area contributed by atoms with E-state index in [0.717, 1.165) is 17.7 Å². The molecular formula is C20H22N2O4. The lowest BCUT2D eigenvalue weighted by molar-refractivity contribution is -0.132. The second-order valence-electron chi connectivity index (χ2n) is 6.16. The predicted molar refractivity (Wildman–Crippen MR) is 97.8 cm³/mol. The van der Waals surface area contributed by atoms with Crippen LogP contribution < -0.4 is 10.1 Å². The third-order valence-corrected chi connectivity index (χ3v) is 4.44. The second-order valence-corrected chi connectivity index (χ2v) is 6.16. The van der Waals surface area contributed by atoms with Gasteiger partial charge in [0.1, 0.15) is 11.8 Å². The van der Waals surface area contributed by atoms with Gasteiger partial charge < -0.3 is 19.4 Å². The van der Waals surface area contributed by atoms with Gasteiger partial charge in [0.05, 0.1) is 13.4 Å². The highest BCUT2D eigenvalue weighted by molar-refractivity contribution is 5.95. The molecule has 0 bridgehead atoms. The summed E-state index contributed by atoms with van der Waals surface area (Å²) in [7, 11) is 1.64. The fraction of sp³-hybridized carbons (Fsp3) is 0.300. The van der Waals surface area contributed by atoms with Crippen molar-refractivity contribution in [3.63, 3.8) is 0 Å². The molecule has 0 spiro atoms. The van der Waals surface area contributed by atoms with E-state index in [2.05, 4.69) is 11.4 Å². The van der Waals surface area contributed by atoms with Crippen LogP contribution >= 0.6 is 0 Å². The second kappa shape index (κ2) is 7.91. The fourth-order valence-electron chi connectivity index (χ4n) is 2.95. The average Bonchev–Trinajstić information content (AvgIpc) is 3.22. The van der Waals surface area contributed by atoms with Crippen LogP contribution in [-0.4, -0.2) is 43.0 Å². The molecule has 1 N–H and O–H groups in total. The topological polar surface area (TPSA) is 71.8 Å². The average molecular weight is 354 g/mol. The number of furan rings is 1. The van der Waals surface area contributed by atoms with Crippen LogP contribution in [0.5, 0.6) is 5.75 Å². The van der Waals surface area contributed by atoms with Crippen molar-refractivity contribution in [3.8, 4) is 5.75 Å². The van der Waals surface area contributed by atoms with Crippen LogP contribution in [0.3, 0.4) is 0 Å². The Morgan fingerprint density at radius 1 is 1.23 bits per heavy atom. The lowest BCUT2D eigenvalue weighted by atomic mass is 9.99. The van der Waals surface area contributed by atoms with E-state index in [4.69, 9.17) is 9.15 Å². The van der Waals surface area contributed by atoms with Crippen molar-refractivity contribution < 1.29 is 18.7 Å². The summed E-state index contributed by atoms with van der Waals surface area (Å²) in [5, 5.41) is 2.68. The third kappa shape index (κ3) is 3.96. The monoisotopic (exact) mass is 354 g/mol. The van der Waals surface area contributed by atoms with Crippen molar-refractivity contribution in [2.45, 2.75) is 19.4 Å². The Hall–Kier alpha value is -3.02. The number of ether oxygens (including phenoxy) is 1. The zero-order valence-electron chi connectivity index (χ0n) is 14.9. The minimum Gasteiger partial charge on any atom is -0.497 e. The van der Waals surface area contributed by atoms with Crippen molar-refractivity contribution in [2.75, 3.05) is 20.2 Å². The third-order valence-electron chi connectivity index (χ3n) is 4.44. The molecule has 26 heavy (non-hydrogen) atoms. The standard InChI is InChI=1S/C20H22N2O4/c1-14(21-19(23)18-4-3-13-26-18)20(24)22-11-9-16(10-12-22)15-5-7-17(25-2)8-6-15/h3-9,13-14H,10-12H2,1-2H3,(H,21,23)/t14-/m1/s1. The Morgan fingerprint density at radius 3 is 2.58 bits per heavy atom. The Balaban J connectivity index is 1.58. The molecule has 2 amide bonds. The summed E-state index contributed by atoms with van der Waals surface area (Å²) in [6.07, 6.45) is 4.26. The zero-order chi connectivity index (χ0) is 18.5. The molecule has 1 atom stereocenters. The van der Waals surface area contributed by atoms with E-state index in [0.29, 0.717) is 13.1 Å². The van der Waals surface area contributed by atoms with Gasteiger partial charge in [-0.2, -0.15) is 0 Å². The van der Waals surface area contributed by atoms with Crippen LogP contribution in [-0.2, 0) is 4.79 Å². The molecular weight excluding hydrogens is 332 g/mol. The van der Waals surface area contributed by atoms with Crippen LogP contribution in [0.1, 0.15) is 29.5 Å². The fourth-order valence-corrected chi connectivity index (χ4v) is 2.95. The molecule has 0 radical (unpaired) electrons. The summed E-state index contributed by atoms with van der Waals surface area (Å²) < 4.78 is 10.2. The first-order valence-electron chi connectivity index (χ1n) is 8.55. The molecule has 1 aliphatic heterocycles. The van der Waals surface area contributed by atoms with Crippen LogP contribution in [0.2, 0.25) is 0 Å². The smallest absolute Gasteiger partial charge is 0.287 e. The van der Waals surface area contributed by atoms with E-state index in [1.165, 1.54) is 11.8 Å². The molecule has 6 heteroatoms. The highest BCUT2D eigenvalue weighted by atomic mass is 16.5.